The molecule has 0 spiro atoms. The molecule has 4 rings (SSSR count). The summed E-state index contributed by atoms with van der Waals surface area (Å²) < 4.78 is 5.84. The van der Waals surface area contributed by atoms with Gasteiger partial charge < -0.3 is 20.5 Å². The molecule has 6 nitrogen and oxygen atoms in total. The number of phenols is 1. The Balaban J connectivity index is 1.56. The minimum Gasteiger partial charge on any atom is -0.507 e. The lowest BCUT2D eigenvalue weighted by Gasteiger charge is -2.36. The summed E-state index contributed by atoms with van der Waals surface area (Å²) in [6.45, 7) is 6.13. The van der Waals surface area contributed by atoms with Crippen LogP contribution >= 0.6 is 0 Å². The number of morpholine rings is 1. The van der Waals surface area contributed by atoms with Gasteiger partial charge in [0.25, 0.3) is 0 Å². The fourth-order valence-corrected chi connectivity index (χ4v) is 3.58. The normalized spacial score (nSPS) is 22.0. The molecule has 3 N–H and O–H groups in total. The Hall–Kier alpha value is -2.18. The Labute approximate surface area is 147 Å². The second-order valence-corrected chi connectivity index (χ2v) is 7.29. The average molecular weight is 340 g/mol. The smallest absolute Gasteiger partial charge is 0.151 e. The van der Waals surface area contributed by atoms with Gasteiger partial charge in [0.15, 0.2) is 5.82 Å². The molecule has 1 saturated heterocycles. The lowest BCUT2D eigenvalue weighted by molar-refractivity contribution is 0.0169. The van der Waals surface area contributed by atoms with Gasteiger partial charge in [-0.25, -0.2) is 0 Å². The number of anilines is 1. The molecule has 0 radical (unpaired) electrons. The second kappa shape index (κ2) is 5.97. The maximum Gasteiger partial charge on any atom is 0.151 e. The Morgan fingerprint density at radius 2 is 2.04 bits per heavy atom. The molecule has 0 amide bonds. The van der Waals surface area contributed by atoms with Crippen LogP contribution in [-0.2, 0) is 4.74 Å². The number of hydrogen-bond donors (Lipinski definition) is 2. The van der Waals surface area contributed by atoms with Crippen LogP contribution < -0.4 is 10.6 Å². The molecule has 1 atom stereocenters. The summed E-state index contributed by atoms with van der Waals surface area (Å²) in [5.74, 6) is 1.07. The fourth-order valence-electron chi connectivity index (χ4n) is 3.58. The van der Waals surface area contributed by atoms with Crippen molar-refractivity contribution in [2.75, 3.05) is 24.6 Å². The van der Waals surface area contributed by atoms with Crippen LogP contribution in [0.15, 0.2) is 24.3 Å². The van der Waals surface area contributed by atoms with E-state index in [9.17, 15) is 5.11 Å². The zero-order valence-corrected chi connectivity index (χ0v) is 14.7. The van der Waals surface area contributed by atoms with E-state index in [1.54, 1.807) is 6.07 Å². The number of rotatable bonds is 3. The highest BCUT2D eigenvalue weighted by molar-refractivity contribution is 5.71. The van der Waals surface area contributed by atoms with Crippen LogP contribution in [-0.4, -0.2) is 46.6 Å². The van der Waals surface area contributed by atoms with Crippen LogP contribution in [0.1, 0.15) is 24.0 Å². The molecule has 25 heavy (non-hydrogen) atoms. The van der Waals surface area contributed by atoms with Crippen molar-refractivity contribution >= 4 is 5.82 Å². The molecule has 1 aliphatic carbocycles. The molecule has 2 aliphatic rings. The predicted octanol–water partition coefficient (Wildman–Crippen LogP) is 2.16. The Bertz CT molecular complexity index is 764. The van der Waals surface area contributed by atoms with Crippen LogP contribution in [0.2, 0.25) is 0 Å². The molecule has 0 bridgehead atoms. The van der Waals surface area contributed by atoms with Gasteiger partial charge in [0, 0.05) is 24.2 Å². The highest BCUT2D eigenvalue weighted by atomic mass is 16.5. The summed E-state index contributed by atoms with van der Waals surface area (Å²) in [5, 5.41) is 19.0. The fraction of sp³-hybridized carbons (Fsp3) is 0.474. The molecule has 1 saturated carbocycles. The number of aryl methyl sites for hydroxylation is 2. The average Bonchev–Trinajstić information content (AvgIpc) is 3.34. The van der Waals surface area contributed by atoms with Gasteiger partial charge in [0.1, 0.15) is 5.75 Å². The van der Waals surface area contributed by atoms with E-state index in [2.05, 4.69) is 15.1 Å². The lowest BCUT2D eigenvalue weighted by Crippen LogP contribution is -2.52. The number of phenolic OH excluding ortho intramolecular Hbond substituents is 1. The molecule has 1 aliphatic heterocycles. The highest BCUT2D eigenvalue weighted by Gasteiger charge is 2.48. The topological polar surface area (TPSA) is 84.5 Å². The maximum absolute atomic E-state index is 10.3. The van der Waals surface area contributed by atoms with Gasteiger partial charge in [-0.3, -0.25) is 0 Å². The number of ether oxygens (including phenoxy) is 1. The van der Waals surface area contributed by atoms with E-state index in [4.69, 9.17) is 10.5 Å². The third-order valence-corrected chi connectivity index (χ3v) is 5.22. The molecule has 2 fully saturated rings. The van der Waals surface area contributed by atoms with Crippen LogP contribution in [0.3, 0.4) is 0 Å². The van der Waals surface area contributed by atoms with Crippen molar-refractivity contribution in [1.82, 2.24) is 10.2 Å². The third-order valence-electron chi connectivity index (χ3n) is 5.22. The molecule has 2 aromatic rings. The summed E-state index contributed by atoms with van der Waals surface area (Å²) in [5.41, 5.74) is 9.57. The van der Waals surface area contributed by atoms with Crippen molar-refractivity contribution in [3.05, 3.63) is 35.4 Å². The first-order valence-corrected chi connectivity index (χ1v) is 8.76. The van der Waals surface area contributed by atoms with Crippen molar-refractivity contribution in [3.8, 4) is 17.0 Å². The molecule has 1 aromatic carbocycles. The summed E-state index contributed by atoms with van der Waals surface area (Å²) >= 11 is 0. The van der Waals surface area contributed by atoms with E-state index in [0.717, 1.165) is 48.4 Å². The second-order valence-electron chi connectivity index (χ2n) is 7.29. The van der Waals surface area contributed by atoms with E-state index < -0.39 is 0 Å². The Morgan fingerprint density at radius 3 is 2.68 bits per heavy atom. The predicted molar refractivity (Wildman–Crippen MR) is 96.7 cm³/mol. The molecule has 0 unspecified atom stereocenters. The van der Waals surface area contributed by atoms with Crippen LogP contribution in [0, 0.1) is 13.8 Å². The van der Waals surface area contributed by atoms with E-state index in [1.807, 2.05) is 32.0 Å². The van der Waals surface area contributed by atoms with E-state index in [1.165, 1.54) is 0 Å². The standard InChI is InChI=1S/C19H24N4O2/c1-12-9-13(2)18(15(24)10-12)14-3-4-17(22-21-14)23-7-8-25-16(11-23)19(20)5-6-19/h3-4,9-10,16,24H,5-8,11,20H2,1-2H3/t16-/m1/s1. The van der Waals surface area contributed by atoms with Gasteiger partial charge in [-0.1, -0.05) is 6.07 Å². The number of nitrogens with two attached hydrogens (primary N) is 1. The van der Waals surface area contributed by atoms with Gasteiger partial charge in [-0.15, -0.1) is 10.2 Å². The Kier molecular flexibility index (Phi) is 3.89. The monoisotopic (exact) mass is 340 g/mol. The van der Waals surface area contributed by atoms with E-state index in [0.29, 0.717) is 12.3 Å². The molecular formula is C19H24N4O2. The van der Waals surface area contributed by atoms with Gasteiger partial charge in [0.05, 0.1) is 18.4 Å². The molecular weight excluding hydrogens is 316 g/mol. The summed E-state index contributed by atoms with van der Waals surface area (Å²) in [6.07, 6.45) is 2.12. The van der Waals surface area contributed by atoms with Crippen LogP contribution in [0.5, 0.6) is 5.75 Å². The van der Waals surface area contributed by atoms with E-state index >= 15 is 0 Å². The number of aromatic hydroxyl groups is 1. The molecule has 6 heteroatoms. The minimum atomic E-state index is -0.156. The minimum absolute atomic E-state index is 0.0612. The molecule has 132 valence electrons. The van der Waals surface area contributed by atoms with Gasteiger partial charge in [-0.05, 0) is 56.0 Å². The summed E-state index contributed by atoms with van der Waals surface area (Å²) in [4.78, 5) is 2.18. The largest absolute Gasteiger partial charge is 0.507 e. The van der Waals surface area contributed by atoms with Gasteiger partial charge >= 0.3 is 0 Å². The van der Waals surface area contributed by atoms with Crippen molar-refractivity contribution in [2.45, 2.75) is 38.3 Å². The summed E-state index contributed by atoms with van der Waals surface area (Å²) in [6, 6.07) is 7.66. The molecule has 2 heterocycles. The number of benzene rings is 1. The zero-order chi connectivity index (χ0) is 17.6. The van der Waals surface area contributed by atoms with Crippen molar-refractivity contribution in [1.29, 1.82) is 0 Å². The Morgan fingerprint density at radius 1 is 1.24 bits per heavy atom. The lowest BCUT2D eigenvalue weighted by atomic mass is 10.0. The van der Waals surface area contributed by atoms with E-state index in [-0.39, 0.29) is 17.4 Å². The quantitative estimate of drug-likeness (QED) is 0.891. The van der Waals surface area contributed by atoms with Crippen LogP contribution in [0.25, 0.3) is 11.3 Å². The highest BCUT2D eigenvalue weighted by Crippen LogP contribution is 2.39. The van der Waals surface area contributed by atoms with Gasteiger partial charge in [-0.2, -0.15) is 0 Å². The first-order chi connectivity index (χ1) is 12.0. The number of aromatic nitrogens is 2. The zero-order valence-electron chi connectivity index (χ0n) is 14.7. The van der Waals surface area contributed by atoms with Crippen molar-refractivity contribution in [3.63, 3.8) is 0 Å². The van der Waals surface area contributed by atoms with Gasteiger partial charge in [0.2, 0.25) is 0 Å². The van der Waals surface area contributed by atoms with Crippen molar-refractivity contribution < 1.29 is 9.84 Å². The first-order valence-electron chi connectivity index (χ1n) is 8.76. The molecule has 1 aromatic heterocycles. The number of hydrogen-bond acceptors (Lipinski definition) is 6. The first kappa shape index (κ1) is 16.3. The van der Waals surface area contributed by atoms with Crippen molar-refractivity contribution in [2.24, 2.45) is 5.73 Å². The maximum atomic E-state index is 10.3. The van der Waals surface area contributed by atoms with Crippen LogP contribution in [0.4, 0.5) is 5.82 Å². The number of nitrogens with zero attached hydrogens (tertiary/aromatic N) is 3. The SMILES string of the molecule is Cc1cc(C)c(-c2ccc(N3CCO[C@@H](C4(N)CC4)C3)nn2)c(O)c1. The summed E-state index contributed by atoms with van der Waals surface area (Å²) in [7, 11) is 0. The third kappa shape index (κ3) is 3.07.